The van der Waals surface area contributed by atoms with Crippen molar-refractivity contribution < 1.29 is 14.3 Å². The molecule has 0 radical (unpaired) electrons. The molecule has 0 aliphatic carbocycles. The topological polar surface area (TPSA) is 38.8 Å². The molecule has 2 aliphatic rings. The highest BCUT2D eigenvalue weighted by Gasteiger charge is 2.39. The zero-order valence-corrected chi connectivity index (χ0v) is 10.4. The van der Waals surface area contributed by atoms with Crippen LogP contribution in [-0.4, -0.2) is 42.4 Å². The lowest BCUT2D eigenvalue weighted by Crippen LogP contribution is -2.49. The third kappa shape index (κ3) is 2.48. The van der Waals surface area contributed by atoms with Crippen LogP contribution < -0.4 is 0 Å². The number of hydrogen-bond acceptors (Lipinski definition) is 3. The van der Waals surface area contributed by atoms with Gasteiger partial charge in [-0.25, -0.2) is 4.79 Å². The molecular formula is C12H21NO3. The summed E-state index contributed by atoms with van der Waals surface area (Å²) in [6.07, 6.45) is 2.04. The Balaban J connectivity index is 2.00. The fourth-order valence-electron chi connectivity index (χ4n) is 2.44. The molecule has 0 saturated carbocycles. The standard InChI is InChI=1S/C12H21NO3/c1-12(2,3)16-11(14)13-6-4-5-9-7-15-8-10(9)13/h9-10H,4-8H2,1-3H3. The van der Waals surface area contributed by atoms with Gasteiger partial charge in [-0.3, -0.25) is 0 Å². The number of nitrogens with zero attached hydrogens (tertiary/aromatic N) is 1. The van der Waals surface area contributed by atoms with E-state index in [0.29, 0.717) is 12.5 Å². The molecule has 2 heterocycles. The number of carbonyl (C=O) groups is 1. The molecule has 0 spiro atoms. The number of hydrogen-bond donors (Lipinski definition) is 0. The maximum absolute atomic E-state index is 12.0. The minimum Gasteiger partial charge on any atom is -0.444 e. The van der Waals surface area contributed by atoms with Crippen LogP contribution in [0.1, 0.15) is 33.6 Å². The average Bonchev–Trinajstić information content (AvgIpc) is 2.61. The summed E-state index contributed by atoms with van der Waals surface area (Å²) >= 11 is 0. The number of piperidine rings is 1. The zero-order valence-electron chi connectivity index (χ0n) is 10.4. The molecule has 0 N–H and O–H groups in total. The molecule has 2 atom stereocenters. The summed E-state index contributed by atoms with van der Waals surface area (Å²) in [5, 5.41) is 0. The van der Waals surface area contributed by atoms with Gasteiger partial charge in [-0.2, -0.15) is 0 Å². The van der Waals surface area contributed by atoms with Gasteiger partial charge in [-0.1, -0.05) is 0 Å². The first-order chi connectivity index (χ1) is 7.47. The van der Waals surface area contributed by atoms with E-state index in [1.54, 1.807) is 0 Å². The van der Waals surface area contributed by atoms with E-state index in [1.807, 2.05) is 25.7 Å². The van der Waals surface area contributed by atoms with Crippen LogP contribution >= 0.6 is 0 Å². The smallest absolute Gasteiger partial charge is 0.410 e. The van der Waals surface area contributed by atoms with E-state index in [9.17, 15) is 4.79 Å². The molecule has 16 heavy (non-hydrogen) atoms. The van der Waals surface area contributed by atoms with Gasteiger partial charge in [0.15, 0.2) is 0 Å². The first kappa shape index (κ1) is 11.7. The third-order valence-electron chi connectivity index (χ3n) is 3.17. The second-order valence-corrected chi connectivity index (χ2v) is 5.68. The fraction of sp³-hybridized carbons (Fsp3) is 0.917. The van der Waals surface area contributed by atoms with Gasteiger partial charge < -0.3 is 14.4 Å². The summed E-state index contributed by atoms with van der Waals surface area (Å²) in [4.78, 5) is 13.9. The summed E-state index contributed by atoms with van der Waals surface area (Å²) in [6, 6.07) is 0.239. The van der Waals surface area contributed by atoms with Crippen LogP contribution in [0, 0.1) is 5.92 Å². The van der Waals surface area contributed by atoms with Crippen LogP contribution in [-0.2, 0) is 9.47 Å². The molecule has 2 fully saturated rings. The first-order valence-corrected chi connectivity index (χ1v) is 6.05. The number of fused-ring (bicyclic) bond motifs is 1. The zero-order chi connectivity index (χ0) is 11.8. The van der Waals surface area contributed by atoms with Crippen molar-refractivity contribution in [2.45, 2.75) is 45.3 Å². The van der Waals surface area contributed by atoms with Gasteiger partial charge in [-0.15, -0.1) is 0 Å². The van der Waals surface area contributed by atoms with Crippen molar-refractivity contribution in [1.29, 1.82) is 0 Å². The maximum Gasteiger partial charge on any atom is 0.410 e. The summed E-state index contributed by atoms with van der Waals surface area (Å²) in [7, 11) is 0. The predicted molar refractivity (Wildman–Crippen MR) is 60.3 cm³/mol. The van der Waals surface area contributed by atoms with Crippen LogP contribution in [0.15, 0.2) is 0 Å². The van der Waals surface area contributed by atoms with Gasteiger partial charge in [0.1, 0.15) is 5.60 Å². The molecule has 0 bridgehead atoms. The number of carbonyl (C=O) groups excluding carboxylic acids is 1. The van der Waals surface area contributed by atoms with E-state index in [4.69, 9.17) is 9.47 Å². The summed E-state index contributed by atoms with van der Waals surface area (Å²) in [5.74, 6) is 0.515. The van der Waals surface area contributed by atoms with Gasteiger partial charge in [0.05, 0.1) is 19.3 Å². The van der Waals surface area contributed by atoms with Crippen molar-refractivity contribution in [3.63, 3.8) is 0 Å². The van der Waals surface area contributed by atoms with Gasteiger partial charge in [0, 0.05) is 12.5 Å². The highest BCUT2D eigenvalue weighted by Crippen LogP contribution is 2.29. The highest BCUT2D eigenvalue weighted by atomic mass is 16.6. The molecular weight excluding hydrogens is 206 g/mol. The monoisotopic (exact) mass is 227 g/mol. The second kappa shape index (κ2) is 4.24. The summed E-state index contributed by atoms with van der Waals surface area (Å²) < 4.78 is 10.9. The molecule has 2 rings (SSSR count). The lowest BCUT2D eigenvalue weighted by molar-refractivity contribution is 0.00533. The Morgan fingerprint density at radius 1 is 1.38 bits per heavy atom. The molecule has 92 valence electrons. The highest BCUT2D eigenvalue weighted by molar-refractivity contribution is 5.68. The number of ether oxygens (including phenoxy) is 2. The van der Waals surface area contributed by atoms with Crippen LogP contribution in [0.3, 0.4) is 0 Å². The van der Waals surface area contributed by atoms with E-state index >= 15 is 0 Å². The van der Waals surface area contributed by atoms with Crippen molar-refractivity contribution in [2.24, 2.45) is 5.92 Å². The molecule has 2 saturated heterocycles. The lowest BCUT2D eigenvalue weighted by atomic mass is 9.92. The number of rotatable bonds is 0. The largest absolute Gasteiger partial charge is 0.444 e. The number of likely N-dealkylation sites (tertiary alicyclic amines) is 1. The summed E-state index contributed by atoms with van der Waals surface area (Å²) in [6.45, 7) is 7.97. The van der Waals surface area contributed by atoms with Crippen molar-refractivity contribution in [1.82, 2.24) is 4.90 Å². The van der Waals surface area contributed by atoms with Crippen LogP contribution in [0.5, 0.6) is 0 Å². The molecule has 4 heteroatoms. The van der Waals surface area contributed by atoms with Gasteiger partial charge in [0.25, 0.3) is 0 Å². The first-order valence-electron chi connectivity index (χ1n) is 6.05. The quantitative estimate of drug-likeness (QED) is 0.635. The third-order valence-corrected chi connectivity index (χ3v) is 3.17. The van der Waals surface area contributed by atoms with Crippen LogP contribution in [0.25, 0.3) is 0 Å². The Kier molecular flexibility index (Phi) is 3.10. The van der Waals surface area contributed by atoms with E-state index < -0.39 is 5.60 Å². The Morgan fingerprint density at radius 2 is 2.12 bits per heavy atom. The Morgan fingerprint density at radius 3 is 2.81 bits per heavy atom. The lowest BCUT2D eigenvalue weighted by Gasteiger charge is -2.37. The van der Waals surface area contributed by atoms with Crippen molar-refractivity contribution >= 4 is 6.09 Å². The normalized spacial score (nSPS) is 30.1. The Labute approximate surface area is 96.9 Å². The molecule has 0 aromatic carbocycles. The van der Waals surface area contributed by atoms with Crippen LogP contribution in [0.2, 0.25) is 0 Å². The summed E-state index contributed by atoms with van der Waals surface area (Å²) in [5.41, 5.74) is -0.413. The molecule has 0 aromatic heterocycles. The van der Waals surface area contributed by atoms with Crippen molar-refractivity contribution in [3.05, 3.63) is 0 Å². The Hall–Kier alpha value is -0.770. The minimum atomic E-state index is -0.413. The molecule has 1 amide bonds. The van der Waals surface area contributed by atoms with Crippen LogP contribution in [0.4, 0.5) is 4.79 Å². The van der Waals surface area contributed by atoms with Gasteiger partial charge >= 0.3 is 6.09 Å². The number of amides is 1. The SMILES string of the molecule is CC(C)(C)OC(=O)N1CCCC2COCC21. The average molecular weight is 227 g/mol. The predicted octanol–water partition coefficient (Wildman–Crippen LogP) is 2.03. The Bertz CT molecular complexity index is 272. The maximum atomic E-state index is 12.0. The fourth-order valence-corrected chi connectivity index (χ4v) is 2.44. The van der Waals surface area contributed by atoms with Crippen molar-refractivity contribution in [3.8, 4) is 0 Å². The minimum absolute atomic E-state index is 0.187. The van der Waals surface area contributed by atoms with Gasteiger partial charge in [0.2, 0.25) is 0 Å². The molecule has 0 aromatic rings. The van der Waals surface area contributed by atoms with E-state index in [0.717, 1.165) is 19.6 Å². The second-order valence-electron chi connectivity index (χ2n) is 5.68. The van der Waals surface area contributed by atoms with E-state index in [2.05, 4.69) is 0 Å². The molecule has 4 nitrogen and oxygen atoms in total. The van der Waals surface area contributed by atoms with E-state index in [-0.39, 0.29) is 12.1 Å². The molecule has 2 unspecified atom stereocenters. The molecule has 2 aliphatic heterocycles. The van der Waals surface area contributed by atoms with Gasteiger partial charge in [-0.05, 0) is 33.6 Å². The van der Waals surface area contributed by atoms with Crippen molar-refractivity contribution in [2.75, 3.05) is 19.8 Å². The van der Waals surface area contributed by atoms with E-state index in [1.165, 1.54) is 6.42 Å².